The van der Waals surface area contributed by atoms with E-state index in [2.05, 4.69) is 83.8 Å². The van der Waals surface area contributed by atoms with Gasteiger partial charge in [0.05, 0.1) is 0 Å². The number of aromatic nitrogens is 2. The predicted octanol–water partition coefficient (Wildman–Crippen LogP) is 3.54. The Morgan fingerprint density at radius 3 is 2.48 bits per heavy atom. The van der Waals surface area contributed by atoms with Gasteiger partial charge in [-0.25, -0.2) is 4.99 Å². The van der Waals surface area contributed by atoms with Gasteiger partial charge >= 0.3 is 0 Å². The molecule has 1 saturated carbocycles. The molecule has 146 valence electrons. The van der Waals surface area contributed by atoms with Gasteiger partial charge < -0.3 is 15.2 Å². The highest BCUT2D eigenvalue weighted by molar-refractivity contribution is 5.79. The molecule has 0 unspecified atom stereocenters. The van der Waals surface area contributed by atoms with Crippen LogP contribution in [0.2, 0.25) is 0 Å². The van der Waals surface area contributed by atoms with Crippen LogP contribution in [-0.4, -0.2) is 29.2 Å². The van der Waals surface area contributed by atoms with Crippen LogP contribution in [0.3, 0.4) is 0 Å². The summed E-state index contributed by atoms with van der Waals surface area (Å²) in [6.45, 7) is 10.3. The monoisotopic (exact) mass is 369 g/mol. The molecule has 0 aliphatic heterocycles. The lowest BCUT2D eigenvalue weighted by Crippen LogP contribution is -2.48. The number of guanidine groups is 1. The first-order valence-corrected chi connectivity index (χ1v) is 9.84. The average molecular weight is 370 g/mol. The molecular weight excluding hydrogens is 338 g/mol. The number of nitrogens with zero attached hydrogens (tertiary/aromatic N) is 3. The Labute approximate surface area is 161 Å². The summed E-state index contributed by atoms with van der Waals surface area (Å²) in [4.78, 5) is 9.10. The van der Waals surface area contributed by atoms with Crippen LogP contribution in [0.5, 0.6) is 0 Å². The number of hydrogen-bond donors (Lipinski definition) is 2. The molecule has 0 spiro atoms. The molecule has 1 heterocycles. The van der Waals surface area contributed by atoms with E-state index in [1.807, 2.05) is 0 Å². The second-order valence-corrected chi connectivity index (χ2v) is 8.31. The normalized spacial score (nSPS) is 16.7. The summed E-state index contributed by atoms with van der Waals surface area (Å²) in [6, 6.07) is 10.8. The molecule has 1 aliphatic carbocycles. The molecular formula is C21H31N5O. The van der Waals surface area contributed by atoms with Crippen LogP contribution in [-0.2, 0) is 17.4 Å². The summed E-state index contributed by atoms with van der Waals surface area (Å²) in [6.07, 6.45) is 3.70. The summed E-state index contributed by atoms with van der Waals surface area (Å²) >= 11 is 0. The van der Waals surface area contributed by atoms with Crippen molar-refractivity contribution in [2.24, 2.45) is 4.99 Å². The quantitative estimate of drug-likeness (QED) is 0.602. The predicted molar refractivity (Wildman–Crippen MR) is 108 cm³/mol. The van der Waals surface area contributed by atoms with Crippen LogP contribution in [0.1, 0.15) is 64.2 Å². The van der Waals surface area contributed by atoms with E-state index in [4.69, 9.17) is 4.52 Å². The maximum Gasteiger partial charge on any atom is 0.232 e. The molecule has 2 N–H and O–H groups in total. The minimum atomic E-state index is -0.149. The van der Waals surface area contributed by atoms with Crippen molar-refractivity contribution in [1.82, 2.24) is 20.8 Å². The van der Waals surface area contributed by atoms with Crippen LogP contribution in [0, 0.1) is 0 Å². The SMILES string of the molecule is CCNC(=NCc1noc(C(C)(C)C)n1)NCC1(c2ccccc2)CCC1. The average Bonchev–Trinajstić information content (AvgIpc) is 3.09. The molecule has 0 bridgehead atoms. The van der Waals surface area contributed by atoms with E-state index in [1.165, 1.54) is 24.8 Å². The second kappa shape index (κ2) is 8.11. The zero-order chi connectivity index (χ0) is 19.3. The van der Waals surface area contributed by atoms with Gasteiger partial charge in [0.1, 0.15) is 6.54 Å². The van der Waals surface area contributed by atoms with Gasteiger partial charge in [-0.15, -0.1) is 0 Å². The summed E-state index contributed by atoms with van der Waals surface area (Å²) in [7, 11) is 0. The van der Waals surface area contributed by atoms with Crippen molar-refractivity contribution in [2.45, 2.75) is 64.3 Å². The summed E-state index contributed by atoms with van der Waals surface area (Å²) in [5.41, 5.74) is 1.47. The third kappa shape index (κ3) is 4.67. The molecule has 27 heavy (non-hydrogen) atoms. The fourth-order valence-electron chi connectivity index (χ4n) is 3.33. The first-order valence-electron chi connectivity index (χ1n) is 9.84. The molecule has 3 rings (SSSR count). The summed E-state index contributed by atoms with van der Waals surface area (Å²) < 4.78 is 5.35. The van der Waals surface area contributed by atoms with Gasteiger partial charge in [0.2, 0.25) is 5.89 Å². The molecule has 0 saturated heterocycles. The fraction of sp³-hybridized carbons (Fsp3) is 0.571. The first kappa shape index (κ1) is 19.4. The Bertz CT molecular complexity index is 756. The maximum atomic E-state index is 5.35. The van der Waals surface area contributed by atoms with E-state index in [0.29, 0.717) is 18.3 Å². The first-order chi connectivity index (χ1) is 12.9. The molecule has 1 fully saturated rings. The van der Waals surface area contributed by atoms with Crippen LogP contribution in [0.15, 0.2) is 39.8 Å². The van der Waals surface area contributed by atoms with Crippen molar-refractivity contribution < 1.29 is 4.52 Å². The molecule has 1 aliphatic rings. The van der Waals surface area contributed by atoms with Gasteiger partial charge in [-0.2, -0.15) is 4.98 Å². The second-order valence-electron chi connectivity index (χ2n) is 8.31. The number of aliphatic imine (C=N–C) groups is 1. The highest BCUT2D eigenvalue weighted by Gasteiger charge is 2.38. The van der Waals surface area contributed by atoms with E-state index >= 15 is 0 Å². The van der Waals surface area contributed by atoms with Gasteiger partial charge in [-0.1, -0.05) is 62.7 Å². The third-order valence-electron chi connectivity index (χ3n) is 5.12. The summed E-state index contributed by atoms with van der Waals surface area (Å²) in [5.74, 6) is 2.04. The van der Waals surface area contributed by atoms with Crippen LogP contribution >= 0.6 is 0 Å². The van der Waals surface area contributed by atoms with Gasteiger partial charge in [0, 0.05) is 23.9 Å². The van der Waals surface area contributed by atoms with Crippen LogP contribution in [0.25, 0.3) is 0 Å². The lowest BCUT2D eigenvalue weighted by atomic mass is 9.64. The molecule has 0 atom stereocenters. The van der Waals surface area contributed by atoms with Crippen molar-refractivity contribution in [3.8, 4) is 0 Å². The van der Waals surface area contributed by atoms with Crippen molar-refractivity contribution in [3.63, 3.8) is 0 Å². The van der Waals surface area contributed by atoms with Crippen molar-refractivity contribution >= 4 is 5.96 Å². The number of rotatable bonds is 6. The number of benzene rings is 1. The molecule has 6 heteroatoms. The van der Waals surface area contributed by atoms with Crippen molar-refractivity contribution in [1.29, 1.82) is 0 Å². The van der Waals surface area contributed by atoms with E-state index in [9.17, 15) is 0 Å². The molecule has 1 aromatic heterocycles. The molecule has 6 nitrogen and oxygen atoms in total. The minimum Gasteiger partial charge on any atom is -0.357 e. The van der Waals surface area contributed by atoms with E-state index in [-0.39, 0.29) is 10.8 Å². The zero-order valence-electron chi connectivity index (χ0n) is 16.9. The molecule has 2 aromatic rings. The van der Waals surface area contributed by atoms with Gasteiger partial charge in [0.15, 0.2) is 11.8 Å². The maximum absolute atomic E-state index is 5.35. The summed E-state index contributed by atoms with van der Waals surface area (Å²) in [5, 5.41) is 10.9. The van der Waals surface area contributed by atoms with E-state index in [1.54, 1.807) is 0 Å². The van der Waals surface area contributed by atoms with Gasteiger partial charge in [0.25, 0.3) is 0 Å². The molecule has 1 aromatic carbocycles. The van der Waals surface area contributed by atoms with Crippen LogP contribution in [0.4, 0.5) is 0 Å². The molecule has 0 amide bonds. The molecule has 0 radical (unpaired) electrons. The standard InChI is InChI=1S/C21H31N5O/c1-5-22-19(23-14-17-25-18(27-26-17)20(2,3)4)24-15-21(12-9-13-21)16-10-7-6-8-11-16/h6-8,10-11H,5,9,12-15H2,1-4H3,(H2,22,23,24). The smallest absolute Gasteiger partial charge is 0.232 e. The van der Waals surface area contributed by atoms with Gasteiger partial charge in [-0.3, -0.25) is 0 Å². The Morgan fingerprint density at radius 1 is 1.19 bits per heavy atom. The lowest BCUT2D eigenvalue weighted by molar-refractivity contribution is 0.244. The zero-order valence-corrected chi connectivity index (χ0v) is 16.9. The fourth-order valence-corrected chi connectivity index (χ4v) is 3.33. The Balaban J connectivity index is 1.65. The highest BCUT2D eigenvalue weighted by Crippen LogP contribution is 2.43. The topological polar surface area (TPSA) is 75.3 Å². The van der Waals surface area contributed by atoms with Gasteiger partial charge in [-0.05, 0) is 25.3 Å². The minimum absolute atomic E-state index is 0.149. The highest BCUT2D eigenvalue weighted by atomic mass is 16.5. The van der Waals surface area contributed by atoms with Crippen molar-refractivity contribution in [2.75, 3.05) is 13.1 Å². The third-order valence-corrected chi connectivity index (χ3v) is 5.12. The Morgan fingerprint density at radius 2 is 1.93 bits per heavy atom. The van der Waals surface area contributed by atoms with E-state index < -0.39 is 0 Å². The number of nitrogens with one attached hydrogen (secondary N) is 2. The number of hydrogen-bond acceptors (Lipinski definition) is 4. The Kier molecular flexibility index (Phi) is 5.82. The largest absolute Gasteiger partial charge is 0.357 e. The van der Waals surface area contributed by atoms with Crippen molar-refractivity contribution in [3.05, 3.63) is 47.6 Å². The van der Waals surface area contributed by atoms with E-state index in [0.717, 1.165) is 19.0 Å². The lowest BCUT2D eigenvalue weighted by Gasteiger charge is -2.43. The van der Waals surface area contributed by atoms with Crippen LogP contribution < -0.4 is 10.6 Å². The Hall–Kier alpha value is -2.37.